The number of thiol groups is 1. The van der Waals surface area contributed by atoms with Crippen LogP contribution in [-0.4, -0.2) is 15.9 Å². The molecule has 66 valence electrons. The van der Waals surface area contributed by atoms with E-state index in [2.05, 4.69) is 22.6 Å². The SMILES string of the molecule is NC(=O)c1cc(S)cc2[nH]cnc12. The number of amides is 1. The van der Waals surface area contributed by atoms with Gasteiger partial charge in [0, 0.05) is 4.90 Å². The summed E-state index contributed by atoms with van der Waals surface area (Å²) in [5, 5.41) is 0. The molecule has 0 aliphatic rings. The third kappa shape index (κ3) is 1.27. The molecule has 1 aromatic heterocycles. The van der Waals surface area contributed by atoms with Crippen LogP contribution in [0.4, 0.5) is 0 Å². The lowest BCUT2D eigenvalue weighted by Crippen LogP contribution is -2.11. The Morgan fingerprint density at radius 2 is 2.31 bits per heavy atom. The summed E-state index contributed by atoms with van der Waals surface area (Å²) in [4.78, 5) is 18.6. The molecule has 0 aliphatic carbocycles. The standard InChI is InChI=1S/C8H7N3OS/c9-8(12)5-1-4(13)2-6-7(5)11-3-10-6/h1-3,13H,(H2,9,12)(H,10,11). The number of rotatable bonds is 1. The fourth-order valence-electron chi connectivity index (χ4n) is 1.22. The van der Waals surface area contributed by atoms with E-state index in [9.17, 15) is 4.79 Å². The van der Waals surface area contributed by atoms with Gasteiger partial charge < -0.3 is 10.7 Å². The molecule has 5 heteroatoms. The zero-order valence-electron chi connectivity index (χ0n) is 6.61. The number of imidazole rings is 1. The van der Waals surface area contributed by atoms with E-state index >= 15 is 0 Å². The van der Waals surface area contributed by atoms with Crippen molar-refractivity contribution in [2.45, 2.75) is 4.90 Å². The lowest BCUT2D eigenvalue weighted by Gasteiger charge is -1.98. The largest absolute Gasteiger partial charge is 0.366 e. The van der Waals surface area contributed by atoms with Crippen LogP contribution in [0.5, 0.6) is 0 Å². The van der Waals surface area contributed by atoms with E-state index in [1.165, 1.54) is 6.33 Å². The molecule has 0 saturated carbocycles. The Morgan fingerprint density at radius 1 is 1.54 bits per heavy atom. The van der Waals surface area contributed by atoms with Gasteiger partial charge in [-0.2, -0.15) is 0 Å². The zero-order chi connectivity index (χ0) is 9.42. The van der Waals surface area contributed by atoms with Gasteiger partial charge in [0.1, 0.15) is 5.52 Å². The van der Waals surface area contributed by atoms with E-state index in [0.29, 0.717) is 16.0 Å². The molecule has 0 saturated heterocycles. The Balaban J connectivity index is 2.84. The van der Waals surface area contributed by atoms with Crippen LogP contribution in [0.1, 0.15) is 10.4 Å². The summed E-state index contributed by atoms with van der Waals surface area (Å²) >= 11 is 4.14. The first-order valence-corrected chi connectivity index (χ1v) is 4.09. The van der Waals surface area contributed by atoms with Crippen LogP contribution in [0.25, 0.3) is 11.0 Å². The van der Waals surface area contributed by atoms with Crippen LogP contribution in [0.3, 0.4) is 0 Å². The van der Waals surface area contributed by atoms with Gasteiger partial charge in [0.2, 0.25) is 0 Å². The van der Waals surface area contributed by atoms with Crippen molar-refractivity contribution >= 4 is 29.6 Å². The van der Waals surface area contributed by atoms with E-state index in [1.54, 1.807) is 12.1 Å². The number of carbonyl (C=O) groups excluding carboxylic acids is 1. The second-order valence-corrected chi connectivity index (χ2v) is 3.17. The Kier molecular flexibility index (Phi) is 1.73. The second kappa shape index (κ2) is 2.77. The number of aromatic nitrogens is 2. The molecule has 1 amide bonds. The summed E-state index contributed by atoms with van der Waals surface area (Å²) in [5.74, 6) is -0.493. The van der Waals surface area contributed by atoms with Crippen LogP contribution in [0.2, 0.25) is 0 Å². The fourth-order valence-corrected chi connectivity index (χ4v) is 1.48. The number of carbonyl (C=O) groups is 1. The lowest BCUT2D eigenvalue weighted by molar-refractivity contribution is 0.100. The number of hydrogen-bond acceptors (Lipinski definition) is 3. The molecular formula is C8H7N3OS. The Morgan fingerprint density at radius 3 is 3.00 bits per heavy atom. The minimum Gasteiger partial charge on any atom is -0.366 e. The second-order valence-electron chi connectivity index (χ2n) is 2.66. The number of H-pyrrole nitrogens is 1. The Hall–Kier alpha value is -1.49. The number of primary amides is 1. The highest BCUT2D eigenvalue weighted by molar-refractivity contribution is 7.80. The van der Waals surface area contributed by atoms with E-state index < -0.39 is 5.91 Å². The molecule has 0 fully saturated rings. The average molecular weight is 193 g/mol. The monoisotopic (exact) mass is 193 g/mol. The summed E-state index contributed by atoms with van der Waals surface area (Å²) < 4.78 is 0. The molecule has 0 spiro atoms. The third-order valence-corrected chi connectivity index (χ3v) is 2.03. The van der Waals surface area contributed by atoms with Crippen molar-refractivity contribution < 1.29 is 4.79 Å². The summed E-state index contributed by atoms with van der Waals surface area (Å²) in [7, 11) is 0. The van der Waals surface area contributed by atoms with Gasteiger partial charge in [0.05, 0.1) is 17.4 Å². The maximum atomic E-state index is 11.0. The number of nitrogens with zero attached hydrogens (tertiary/aromatic N) is 1. The van der Waals surface area contributed by atoms with E-state index in [1.807, 2.05) is 0 Å². The number of aromatic amines is 1. The molecule has 3 N–H and O–H groups in total. The molecule has 1 aromatic carbocycles. The van der Waals surface area contributed by atoms with Gasteiger partial charge in [-0.1, -0.05) is 0 Å². The topological polar surface area (TPSA) is 71.8 Å². The molecule has 2 aromatic rings. The fraction of sp³-hybridized carbons (Fsp3) is 0. The molecule has 1 heterocycles. The van der Waals surface area contributed by atoms with Crippen LogP contribution >= 0.6 is 12.6 Å². The van der Waals surface area contributed by atoms with Gasteiger partial charge in [0.15, 0.2) is 0 Å². The Bertz CT molecular complexity index is 477. The minimum absolute atomic E-state index is 0.392. The number of nitrogens with two attached hydrogens (primary N) is 1. The first-order chi connectivity index (χ1) is 6.18. The van der Waals surface area contributed by atoms with Crippen molar-refractivity contribution in [1.82, 2.24) is 9.97 Å². The summed E-state index contributed by atoms with van der Waals surface area (Å²) in [5.41, 5.74) is 6.93. The van der Waals surface area contributed by atoms with Crippen LogP contribution in [-0.2, 0) is 0 Å². The van der Waals surface area contributed by atoms with Crippen molar-refractivity contribution in [2.24, 2.45) is 5.73 Å². The number of fused-ring (bicyclic) bond motifs is 1. The van der Waals surface area contributed by atoms with Gasteiger partial charge in [0.25, 0.3) is 5.91 Å². The van der Waals surface area contributed by atoms with E-state index in [-0.39, 0.29) is 0 Å². The van der Waals surface area contributed by atoms with Crippen molar-refractivity contribution in [3.63, 3.8) is 0 Å². The molecule has 0 aliphatic heterocycles. The van der Waals surface area contributed by atoms with Crippen molar-refractivity contribution in [3.05, 3.63) is 24.0 Å². The molecular weight excluding hydrogens is 186 g/mol. The quantitative estimate of drug-likeness (QED) is 0.590. The predicted octanol–water partition coefficient (Wildman–Crippen LogP) is 0.950. The number of hydrogen-bond donors (Lipinski definition) is 3. The van der Waals surface area contributed by atoms with Gasteiger partial charge in [-0.25, -0.2) is 4.98 Å². The highest BCUT2D eigenvalue weighted by Gasteiger charge is 2.09. The summed E-state index contributed by atoms with van der Waals surface area (Å²) in [6.07, 6.45) is 1.52. The number of nitrogens with one attached hydrogen (secondary N) is 1. The van der Waals surface area contributed by atoms with Crippen LogP contribution in [0.15, 0.2) is 23.4 Å². The van der Waals surface area contributed by atoms with Crippen molar-refractivity contribution in [2.75, 3.05) is 0 Å². The zero-order valence-corrected chi connectivity index (χ0v) is 7.51. The molecule has 2 rings (SSSR count). The highest BCUT2D eigenvalue weighted by atomic mass is 32.1. The van der Waals surface area contributed by atoms with Crippen molar-refractivity contribution in [3.8, 4) is 0 Å². The average Bonchev–Trinajstić information content (AvgIpc) is 2.49. The predicted molar refractivity (Wildman–Crippen MR) is 51.9 cm³/mol. The molecule has 0 unspecified atom stereocenters. The van der Waals surface area contributed by atoms with Crippen LogP contribution < -0.4 is 5.73 Å². The van der Waals surface area contributed by atoms with Gasteiger partial charge in [-0.15, -0.1) is 12.6 Å². The third-order valence-electron chi connectivity index (χ3n) is 1.77. The first kappa shape index (κ1) is 8.12. The van der Waals surface area contributed by atoms with Gasteiger partial charge in [-0.3, -0.25) is 4.79 Å². The molecule has 0 atom stereocenters. The first-order valence-electron chi connectivity index (χ1n) is 3.64. The normalized spacial score (nSPS) is 10.5. The summed E-state index contributed by atoms with van der Waals surface area (Å²) in [6.45, 7) is 0. The molecule has 4 nitrogen and oxygen atoms in total. The van der Waals surface area contributed by atoms with Crippen LogP contribution in [0, 0.1) is 0 Å². The molecule has 0 bridgehead atoms. The van der Waals surface area contributed by atoms with Gasteiger partial charge >= 0.3 is 0 Å². The highest BCUT2D eigenvalue weighted by Crippen LogP contribution is 2.19. The lowest BCUT2D eigenvalue weighted by atomic mass is 10.2. The molecule has 13 heavy (non-hydrogen) atoms. The summed E-state index contributed by atoms with van der Waals surface area (Å²) in [6, 6.07) is 3.40. The molecule has 0 radical (unpaired) electrons. The maximum Gasteiger partial charge on any atom is 0.251 e. The van der Waals surface area contributed by atoms with Crippen molar-refractivity contribution in [1.29, 1.82) is 0 Å². The smallest absolute Gasteiger partial charge is 0.251 e. The van der Waals surface area contributed by atoms with E-state index in [0.717, 1.165) is 5.52 Å². The number of benzene rings is 1. The Labute approximate surface area is 79.6 Å². The minimum atomic E-state index is -0.493. The van der Waals surface area contributed by atoms with E-state index in [4.69, 9.17) is 5.73 Å². The maximum absolute atomic E-state index is 11.0. The van der Waals surface area contributed by atoms with Gasteiger partial charge in [-0.05, 0) is 12.1 Å².